The normalized spacial score (nSPS) is 11.5. The lowest BCUT2D eigenvalue weighted by molar-refractivity contribution is 0.669. The van der Waals surface area contributed by atoms with Gasteiger partial charge in [0, 0.05) is 48.0 Å². The molecule has 4 heteroatoms. The van der Waals surface area contributed by atoms with Crippen molar-refractivity contribution in [3.63, 3.8) is 0 Å². The van der Waals surface area contributed by atoms with Crippen molar-refractivity contribution in [2.75, 3.05) is 9.80 Å². The van der Waals surface area contributed by atoms with Crippen molar-refractivity contribution in [2.24, 2.45) is 0 Å². The van der Waals surface area contributed by atoms with E-state index in [1.807, 2.05) is 11.3 Å². The molecule has 0 amide bonds. The van der Waals surface area contributed by atoms with Crippen LogP contribution < -0.4 is 9.80 Å². The van der Waals surface area contributed by atoms with Crippen LogP contribution in [0.2, 0.25) is 0 Å². The highest BCUT2D eigenvalue weighted by atomic mass is 32.1. The lowest BCUT2D eigenvalue weighted by Crippen LogP contribution is -2.11. The quantitative estimate of drug-likeness (QED) is 0.152. The summed E-state index contributed by atoms with van der Waals surface area (Å²) >= 11 is 1.85. The SMILES string of the molecule is c1ccc(-c2ccc(N(c3ccc(-c4ccc5oc6cccc(N(c7ccccc7)c7ccccc7)c6c5c4)c4ccccc34)c3cccc4sc5ccccc5c34)cc2)cc1. The third-order valence-electron chi connectivity index (χ3n) is 12.0. The van der Waals surface area contributed by atoms with Crippen molar-refractivity contribution in [3.8, 4) is 22.3 Å². The molecule has 62 heavy (non-hydrogen) atoms. The summed E-state index contributed by atoms with van der Waals surface area (Å²) in [5.74, 6) is 0. The predicted molar refractivity (Wildman–Crippen MR) is 264 cm³/mol. The summed E-state index contributed by atoms with van der Waals surface area (Å²) < 4.78 is 9.16. The second-order valence-electron chi connectivity index (χ2n) is 15.6. The van der Waals surface area contributed by atoms with E-state index in [0.717, 1.165) is 61.6 Å². The summed E-state index contributed by atoms with van der Waals surface area (Å²) in [6, 6.07) is 82.8. The minimum atomic E-state index is 0.857. The Morgan fingerprint density at radius 1 is 0.306 bits per heavy atom. The zero-order valence-corrected chi connectivity index (χ0v) is 34.5. The van der Waals surface area contributed by atoms with E-state index in [2.05, 4.69) is 240 Å². The highest BCUT2D eigenvalue weighted by Crippen LogP contribution is 2.49. The van der Waals surface area contributed by atoms with E-state index in [9.17, 15) is 0 Å². The van der Waals surface area contributed by atoms with E-state index < -0.39 is 0 Å². The number of fused-ring (bicyclic) bond motifs is 7. The maximum Gasteiger partial charge on any atom is 0.137 e. The van der Waals surface area contributed by atoms with Crippen molar-refractivity contribution < 1.29 is 4.42 Å². The van der Waals surface area contributed by atoms with E-state index in [-0.39, 0.29) is 0 Å². The molecule has 0 saturated carbocycles. The fourth-order valence-electron chi connectivity index (χ4n) is 9.26. The first-order chi connectivity index (χ1) is 30.8. The summed E-state index contributed by atoms with van der Waals surface area (Å²) in [4.78, 5) is 4.79. The lowest BCUT2D eigenvalue weighted by Gasteiger charge is -2.28. The Bertz CT molecular complexity index is 3540. The van der Waals surface area contributed by atoms with Crippen molar-refractivity contribution in [3.05, 3.63) is 231 Å². The van der Waals surface area contributed by atoms with Gasteiger partial charge >= 0.3 is 0 Å². The minimum Gasteiger partial charge on any atom is -0.456 e. The molecule has 0 fully saturated rings. The molecule has 0 spiro atoms. The van der Waals surface area contributed by atoms with Gasteiger partial charge < -0.3 is 14.2 Å². The zero-order valence-electron chi connectivity index (χ0n) is 33.7. The Kier molecular flexibility index (Phi) is 8.68. The fraction of sp³-hybridized carbons (Fsp3) is 0. The largest absolute Gasteiger partial charge is 0.456 e. The maximum absolute atomic E-state index is 6.61. The van der Waals surface area contributed by atoms with Gasteiger partial charge in [-0.2, -0.15) is 0 Å². The van der Waals surface area contributed by atoms with Gasteiger partial charge in [0.15, 0.2) is 0 Å². The van der Waals surface area contributed by atoms with Gasteiger partial charge in [-0.1, -0.05) is 146 Å². The van der Waals surface area contributed by atoms with Crippen LogP contribution in [0.5, 0.6) is 0 Å². The van der Waals surface area contributed by atoms with Gasteiger partial charge in [-0.3, -0.25) is 0 Å². The van der Waals surface area contributed by atoms with Crippen LogP contribution in [0.3, 0.4) is 0 Å². The third kappa shape index (κ3) is 6.03. The van der Waals surface area contributed by atoms with Gasteiger partial charge in [-0.05, 0) is 113 Å². The second kappa shape index (κ2) is 15.0. The van der Waals surface area contributed by atoms with E-state index in [4.69, 9.17) is 4.42 Å². The summed E-state index contributed by atoms with van der Waals surface area (Å²) in [6.07, 6.45) is 0. The Hall–Kier alpha value is -7.92. The molecule has 0 aliphatic heterocycles. The molecular formula is C58H38N2OS. The Morgan fingerprint density at radius 2 is 0.871 bits per heavy atom. The van der Waals surface area contributed by atoms with Crippen LogP contribution in [0.25, 0.3) is 75.1 Å². The van der Waals surface area contributed by atoms with E-state index in [1.54, 1.807) is 0 Å². The van der Waals surface area contributed by atoms with Crippen LogP contribution in [-0.2, 0) is 0 Å². The molecule has 0 aliphatic rings. The highest BCUT2D eigenvalue weighted by molar-refractivity contribution is 7.26. The molecule has 12 aromatic rings. The summed E-state index contributed by atoms with van der Waals surface area (Å²) in [7, 11) is 0. The van der Waals surface area contributed by atoms with Crippen molar-refractivity contribution in [1.29, 1.82) is 0 Å². The number of rotatable bonds is 8. The highest BCUT2D eigenvalue weighted by Gasteiger charge is 2.23. The average molecular weight is 811 g/mol. The number of para-hydroxylation sites is 2. The Morgan fingerprint density at radius 3 is 1.61 bits per heavy atom. The van der Waals surface area contributed by atoms with Gasteiger partial charge in [-0.15, -0.1) is 11.3 Å². The minimum absolute atomic E-state index is 0.857. The number of furan rings is 1. The summed E-state index contributed by atoms with van der Waals surface area (Å²) in [6.45, 7) is 0. The predicted octanol–water partition coefficient (Wildman–Crippen LogP) is 17.4. The molecule has 10 aromatic carbocycles. The smallest absolute Gasteiger partial charge is 0.137 e. The number of thiophene rings is 1. The third-order valence-corrected chi connectivity index (χ3v) is 13.2. The molecule has 0 saturated heterocycles. The first-order valence-electron chi connectivity index (χ1n) is 21.0. The molecular weight excluding hydrogens is 773 g/mol. The van der Waals surface area contributed by atoms with E-state index in [0.29, 0.717) is 0 Å². The summed E-state index contributed by atoms with van der Waals surface area (Å²) in [5.41, 5.74) is 13.0. The van der Waals surface area contributed by atoms with Crippen molar-refractivity contribution in [1.82, 2.24) is 0 Å². The zero-order chi connectivity index (χ0) is 41.0. The lowest BCUT2D eigenvalue weighted by atomic mass is 9.94. The molecule has 2 heterocycles. The molecule has 0 N–H and O–H groups in total. The van der Waals surface area contributed by atoms with Crippen molar-refractivity contribution in [2.45, 2.75) is 0 Å². The first-order valence-corrected chi connectivity index (χ1v) is 21.8. The molecule has 0 radical (unpaired) electrons. The molecule has 0 aliphatic carbocycles. The molecule has 3 nitrogen and oxygen atoms in total. The number of benzene rings is 10. The molecule has 0 unspecified atom stereocenters. The first kappa shape index (κ1) is 36.0. The maximum atomic E-state index is 6.61. The standard InChI is InChI=1S/C58H38N2OS/c1-4-16-39(17-5-1)40-30-33-44(34-31-40)60(52-26-15-29-56-58(52)48-24-12-13-28-55(48)62-56)50-36-35-45(46-22-10-11-23-47(46)50)41-32-37-53-49(38-41)57-51(25-14-27-54(57)61-53)59(42-18-6-2-7-19-42)43-20-8-3-9-21-43/h1-38H. The average Bonchev–Trinajstić information content (AvgIpc) is 3.92. The Balaban J connectivity index is 1.05. The number of anilines is 6. The molecule has 12 rings (SSSR count). The number of nitrogens with zero attached hydrogens (tertiary/aromatic N) is 2. The van der Waals surface area contributed by atoms with E-state index in [1.165, 1.54) is 47.6 Å². The van der Waals surface area contributed by atoms with Crippen LogP contribution in [0.15, 0.2) is 235 Å². The molecule has 292 valence electrons. The van der Waals surface area contributed by atoms with Crippen LogP contribution in [-0.4, -0.2) is 0 Å². The topological polar surface area (TPSA) is 19.6 Å². The van der Waals surface area contributed by atoms with Crippen LogP contribution >= 0.6 is 11.3 Å². The van der Waals surface area contributed by atoms with Crippen LogP contribution in [0, 0.1) is 0 Å². The monoisotopic (exact) mass is 810 g/mol. The van der Waals surface area contributed by atoms with Gasteiger partial charge in [0.25, 0.3) is 0 Å². The van der Waals surface area contributed by atoms with Gasteiger partial charge in [0.1, 0.15) is 11.2 Å². The van der Waals surface area contributed by atoms with Crippen molar-refractivity contribution >= 4 is 98.3 Å². The molecule has 2 aromatic heterocycles. The fourth-order valence-corrected chi connectivity index (χ4v) is 10.4. The number of hydrogen-bond acceptors (Lipinski definition) is 4. The number of hydrogen-bond donors (Lipinski definition) is 0. The van der Waals surface area contributed by atoms with Gasteiger partial charge in [0.2, 0.25) is 0 Å². The van der Waals surface area contributed by atoms with Gasteiger partial charge in [-0.25, -0.2) is 0 Å². The summed E-state index contributed by atoms with van der Waals surface area (Å²) in [5, 5.41) is 7.05. The van der Waals surface area contributed by atoms with Crippen LogP contribution in [0.4, 0.5) is 34.1 Å². The molecule has 0 atom stereocenters. The van der Waals surface area contributed by atoms with E-state index >= 15 is 0 Å². The second-order valence-corrected chi connectivity index (χ2v) is 16.7. The van der Waals surface area contributed by atoms with Gasteiger partial charge in [0.05, 0.1) is 22.4 Å². The van der Waals surface area contributed by atoms with Crippen LogP contribution in [0.1, 0.15) is 0 Å². The molecule has 0 bridgehead atoms. The Labute approximate surface area is 363 Å².